The molecule has 0 spiro atoms. The van der Waals surface area contributed by atoms with E-state index in [-0.39, 0.29) is 18.1 Å². The van der Waals surface area contributed by atoms with Crippen LogP contribution in [0.1, 0.15) is 57.9 Å². The summed E-state index contributed by atoms with van der Waals surface area (Å²) in [4.78, 5) is 24.3. The molecule has 2 bridgehead atoms. The van der Waals surface area contributed by atoms with E-state index in [1.54, 1.807) is 16.4 Å². The number of sulfonamides is 1. The van der Waals surface area contributed by atoms with Crippen molar-refractivity contribution in [1.29, 1.82) is 0 Å². The van der Waals surface area contributed by atoms with Crippen LogP contribution in [-0.4, -0.2) is 48.6 Å². The van der Waals surface area contributed by atoms with E-state index in [2.05, 4.69) is 4.89 Å². The summed E-state index contributed by atoms with van der Waals surface area (Å²) < 4.78 is 33.5. The summed E-state index contributed by atoms with van der Waals surface area (Å²) in [6, 6.07) is 6.82. The summed E-state index contributed by atoms with van der Waals surface area (Å²) >= 11 is 0. The number of hydrogen-bond acceptors (Lipinski definition) is 7. The highest BCUT2D eigenvalue weighted by molar-refractivity contribution is 7.89. The number of aryl methyl sites for hydroxylation is 1. The van der Waals surface area contributed by atoms with Crippen molar-refractivity contribution in [2.45, 2.75) is 76.3 Å². The quantitative estimate of drug-likeness (QED) is 0.322. The first-order valence-corrected chi connectivity index (χ1v) is 11.9. The van der Waals surface area contributed by atoms with Crippen molar-refractivity contribution in [3.05, 3.63) is 41.5 Å². The van der Waals surface area contributed by atoms with Gasteiger partial charge in [0.25, 0.3) is 0 Å². The van der Waals surface area contributed by atoms with Crippen LogP contribution >= 0.6 is 0 Å². The Morgan fingerprint density at radius 1 is 1.00 bits per heavy atom. The summed E-state index contributed by atoms with van der Waals surface area (Å²) in [6.07, 6.45) is 7.43. The monoisotopic (exact) mass is 453 g/mol. The molecule has 0 amide bonds. The van der Waals surface area contributed by atoms with Gasteiger partial charge in [0.05, 0.1) is 4.90 Å². The predicted molar refractivity (Wildman–Crippen MR) is 115 cm³/mol. The fourth-order valence-electron chi connectivity index (χ4n) is 3.78. The van der Waals surface area contributed by atoms with Gasteiger partial charge in [-0.15, -0.1) is 0 Å². The normalized spacial score (nSPS) is 21.9. The fourth-order valence-corrected chi connectivity index (χ4v) is 5.38. The molecule has 1 aliphatic heterocycles. The molecule has 31 heavy (non-hydrogen) atoms. The Morgan fingerprint density at radius 3 is 2.13 bits per heavy atom. The van der Waals surface area contributed by atoms with E-state index in [4.69, 9.17) is 9.99 Å². The van der Waals surface area contributed by atoms with Gasteiger partial charge in [-0.1, -0.05) is 43.0 Å². The topological polar surface area (TPSA) is 110 Å². The summed E-state index contributed by atoms with van der Waals surface area (Å²) in [7, 11) is -3.58. The van der Waals surface area contributed by atoms with Gasteiger partial charge in [-0.25, -0.2) is 13.2 Å². The van der Waals surface area contributed by atoms with Gasteiger partial charge >= 0.3 is 11.9 Å². The van der Waals surface area contributed by atoms with Gasteiger partial charge in [0.15, 0.2) is 0 Å². The molecule has 1 aliphatic carbocycles. The Hall–Kier alpha value is -2.23. The first kappa shape index (κ1) is 25.0. The maximum Gasteiger partial charge on any atom is 0.339 e. The second kappa shape index (κ2) is 11.4. The smallest absolute Gasteiger partial charge is 0.339 e. The van der Waals surface area contributed by atoms with Crippen molar-refractivity contribution < 1.29 is 32.9 Å². The number of nitrogens with zero attached hydrogens (tertiary/aromatic N) is 1. The highest BCUT2D eigenvalue weighted by Gasteiger charge is 2.38. The second-order valence-electron chi connectivity index (χ2n) is 7.84. The van der Waals surface area contributed by atoms with E-state index in [0.717, 1.165) is 56.6 Å². The molecule has 0 aromatic heterocycles. The molecule has 2 aliphatic rings. The van der Waals surface area contributed by atoms with Gasteiger partial charge < -0.3 is 9.62 Å². The maximum absolute atomic E-state index is 13.2. The molecule has 0 radical (unpaired) electrons. The van der Waals surface area contributed by atoms with Crippen LogP contribution in [-0.2, 0) is 29.2 Å². The third-order valence-corrected chi connectivity index (χ3v) is 7.19. The number of ether oxygens (including phenoxy) is 1. The third-order valence-electron chi connectivity index (χ3n) is 5.31. The van der Waals surface area contributed by atoms with Crippen molar-refractivity contribution in [1.82, 2.24) is 4.31 Å². The highest BCUT2D eigenvalue weighted by atomic mass is 32.2. The zero-order valence-electron chi connectivity index (χ0n) is 18.2. The first-order chi connectivity index (χ1) is 14.6. The summed E-state index contributed by atoms with van der Waals surface area (Å²) in [5.41, 5.74) is 1.95. The van der Waals surface area contributed by atoms with Crippen molar-refractivity contribution in [2.24, 2.45) is 0 Å². The van der Waals surface area contributed by atoms with Gasteiger partial charge in [0.1, 0.15) is 6.10 Å². The number of carbonyl (C=O) groups is 2. The second-order valence-corrected chi connectivity index (χ2v) is 9.74. The Bertz CT molecular complexity index is 893. The van der Waals surface area contributed by atoms with E-state index < -0.39 is 16.0 Å². The van der Waals surface area contributed by atoms with Crippen molar-refractivity contribution in [3.63, 3.8) is 0 Å². The molecule has 1 heterocycles. The Morgan fingerprint density at radius 2 is 1.58 bits per heavy atom. The molecule has 1 N–H and O–H groups in total. The minimum absolute atomic E-state index is 0.160. The van der Waals surface area contributed by atoms with E-state index in [1.807, 2.05) is 25.1 Å². The molecule has 8 nitrogen and oxygen atoms in total. The molecule has 172 valence electrons. The largest absolute Gasteiger partial charge is 0.458 e. The third kappa shape index (κ3) is 7.15. The number of hydrogen-bond donors (Lipinski definition) is 1. The van der Waals surface area contributed by atoms with Crippen LogP contribution in [0.25, 0.3) is 0 Å². The van der Waals surface area contributed by atoms with Crippen LogP contribution in [0.15, 0.2) is 40.8 Å². The van der Waals surface area contributed by atoms with Gasteiger partial charge in [0.2, 0.25) is 10.0 Å². The first-order valence-electron chi connectivity index (χ1n) is 10.4. The number of fused-ring (bicyclic) bond motifs is 1. The Labute approximate surface area is 183 Å². The summed E-state index contributed by atoms with van der Waals surface area (Å²) in [5.74, 6) is -1.01. The van der Waals surface area contributed by atoms with E-state index in [1.165, 1.54) is 6.92 Å². The molecule has 0 fully saturated rings. The van der Waals surface area contributed by atoms with Crippen LogP contribution < -0.4 is 0 Å². The number of rotatable bonds is 3. The van der Waals surface area contributed by atoms with E-state index >= 15 is 0 Å². The SMILES string of the molecule is CC(=O)OC1CCCCCCC2C=C1CN2S(=O)(=O)c1ccc(C)cc1.CC(=O)OO. The molecule has 1 aromatic rings. The van der Waals surface area contributed by atoms with Gasteiger partial charge in [-0.3, -0.25) is 4.79 Å². The zero-order valence-corrected chi connectivity index (χ0v) is 19.1. The lowest BCUT2D eigenvalue weighted by Crippen LogP contribution is -2.37. The Balaban J connectivity index is 0.000000614. The lowest BCUT2D eigenvalue weighted by molar-refractivity contribution is -0.231. The zero-order chi connectivity index (χ0) is 23.0. The van der Waals surface area contributed by atoms with Gasteiger partial charge in [-0.2, -0.15) is 9.56 Å². The number of esters is 1. The standard InChI is InChI=1S/C20H27NO4S.C2H4O3/c1-15-9-11-19(12-10-15)26(23,24)21-14-17-13-18(21)7-5-3-4-6-8-20(17)25-16(2)22;1-2(3)5-4/h9-13,18,20H,3-8,14H2,1-2H3;4H,1H3. The average molecular weight is 454 g/mol. The average Bonchev–Trinajstić information content (AvgIpc) is 3.14. The summed E-state index contributed by atoms with van der Waals surface area (Å²) in [5, 5.41) is 7.29. The van der Waals surface area contributed by atoms with Crippen molar-refractivity contribution in [2.75, 3.05) is 6.54 Å². The number of carbonyl (C=O) groups excluding carboxylic acids is 2. The maximum atomic E-state index is 13.2. The molecule has 1 aromatic carbocycles. The summed E-state index contributed by atoms with van der Waals surface area (Å²) in [6.45, 7) is 4.76. The molecular formula is C22H31NO7S. The molecule has 2 atom stereocenters. The predicted octanol–water partition coefficient (Wildman–Crippen LogP) is 3.60. The van der Waals surface area contributed by atoms with Crippen LogP contribution in [0.2, 0.25) is 0 Å². The van der Waals surface area contributed by atoms with Crippen LogP contribution in [0.3, 0.4) is 0 Å². The lowest BCUT2D eigenvalue weighted by Gasteiger charge is -2.24. The highest BCUT2D eigenvalue weighted by Crippen LogP contribution is 2.33. The van der Waals surface area contributed by atoms with E-state index in [0.29, 0.717) is 11.4 Å². The lowest BCUT2D eigenvalue weighted by atomic mass is 9.99. The van der Waals surface area contributed by atoms with Crippen molar-refractivity contribution in [3.8, 4) is 0 Å². The van der Waals surface area contributed by atoms with Crippen LogP contribution in [0, 0.1) is 6.92 Å². The fraction of sp³-hybridized carbons (Fsp3) is 0.545. The van der Waals surface area contributed by atoms with Crippen molar-refractivity contribution >= 4 is 22.0 Å². The van der Waals surface area contributed by atoms with Crippen LogP contribution in [0.4, 0.5) is 0 Å². The van der Waals surface area contributed by atoms with Gasteiger partial charge in [-0.05, 0) is 43.9 Å². The minimum Gasteiger partial charge on any atom is -0.458 e. The Kier molecular flexibility index (Phi) is 9.21. The molecule has 2 unspecified atom stereocenters. The molecule has 0 saturated carbocycles. The molecular weight excluding hydrogens is 422 g/mol. The van der Waals surface area contributed by atoms with Gasteiger partial charge in [0, 0.05) is 26.4 Å². The minimum atomic E-state index is -3.58. The van der Waals surface area contributed by atoms with E-state index in [9.17, 15) is 18.0 Å². The molecule has 9 heteroatoms. The number of benzene rings is 1. The molecule has 3 rings (SSSR count). The van der Waals surface area contributed by atoms with Crippen LogP contribution in [0.5, 0.6) is 0 Å². The molecule has 0 saturated heterocycles.